The van der Waals surface area contributed by atoms with Crippen LogP contribution in [0, 0.1) is 0 Å². The molecule has 0 radical (unpaired) electrons. The molecule has 5 aliphatic rings. The van der Waals surface area contributed by atoms with Crippen LogP contribution in [0.4, 0.5) is 5.69 Å². The third-order valence-corrected chi connectivity index (χ3v) is 7.80. The molecule has 3 saturated heterocycles. The Labute approximate surface area is 200 Å². The minimum absolute atomic E-state index is 0.262. The Morgan fingerprint density at radius 2 is 1.44 bits per heavy atom. The minimum Gasteiger partial charge on any atom is -0.494 e. The second-order valence-electron chi connectivity index (χ2n) is 10.2. The normalized spacial score (nSPS) is 35.6. The topological polar surface area (TPSA) is 84.5 Å². The molecule has 5 fully saturated rings. The molecule has 1 aromatic rings. The number of amides is 1. The molecular formula is C26H35NO7. The first-order valence-corrected chi connectivity index (χ1v) is 13.0. The third-order valence-electron chi connectivity index (χ3n) is 7.80. The van der Waals surface area contributed by atoms with E-state index >= 15 is 0 Å². The number of anilines is 1. The number of benzene rings is 1. The summed E-state index contributed by atoms with van der Waals surface area (Å²) in [4.78, 5) is 13.4. The van der Waals surface area contributed by atoms with Crippen molar-refractivity contribution in [2.24, 2.45) is 0 Å². The first-order valence-electron chi connectivity index (χ1n) is 13.0. The van der Waals surface area contributed by atoms with Crippen LogP contribution in [0.5, 0.6) is 5.75 Å². The predicted molar refractivity (Wildman–Crippen MR) is 122 cm³/mol. The van der Waals surface area contributed by atoms with Gasteiger partial charge in [-0.3, -0.25) is 4.79 Å². The molecule has 2 aliphatic carbocycles. The van der Waals surface area contributed by atoms with E-state index in [2.05, 4.69) is 5.32 Å². The Morgan fingerprint density at radius 1 is 0.853 bits per heavy atom. The lowest BCUT2D eigenvalue weighted by Gasteiger charge is -2.36. The zero-order chi connectivity index (χ0) is 23.2. The van der Waals surface area contributed by atoms with E-state index in [9.17, 15) is 4.79 Å². The van der Waals surface area contributed by atoms with Gasteiger partial charge >= 0.3 is 0 Å². The highest BCUT2D eigenvalue weighted by Crippen LogP contribution is 2.51. The maximum absolute atomic E-state index is 13.4. The number of hydrogen-bond donors (Lipinski definition) is 1. The Balaban J connectivity index is 1.23. The molecule has 1 N–H and O–H groups in total. The van der Waals surface area contributed by atoms with Crippen molar-refractivity contribution in [1.29, 1.82) is 0 Å². The molecule has 2 spiro atoms. The molecule has 1 amide bonds. The summed E-state index contributed by atoms with van der Waals surface area (Å²) in [6.45, 7) is 2.53. The number of rotatable bonds is 4. The van der Waals surface area contributed by atoms with E-state index < -0.39 is 36.2 Å². The highest BCUT2D eigenvalue weighted by molar-refractivity contribution is 5.94. The number of hydrogen-bond acceptors (Lipinski definition) is 7. The fourth-order valence-electron chi connectivity index (χ4n) is 6.18. The Kier molecular flexibility index (Phi) is 6.06. The van der Waals surface area contributed by atoms with Gasteiger partial charge in [0.1, 0.15) is 24.1 Å². The first kappa shape index (κ1) is 22.7. The van der Waals surface area contributed by atoms with Gasteiger partial charge in [-0.05, 0) is 56.9 Å². The van der Waals surface area contributed by atoms with Crippen LogP contribution in [-0.2, 0) is 28.5 Å². The van der Waals surface area contributed by atoms with Gasteiger partial charge < -0.3 is 33.7 Å². The van der Waals surface area contributed by atoms with Crippen molar-refractivity contribution in [3.63, 3.8) is 0 Å². The molecule has 8 heteroatoms. The number of fused-ring (bicyclic) bond motifs is 3. The molecule has 3 heterocycles. The van der Waals surface area contributed by atoms with Crippen molar-refractivity contribution >= 4 is 11.6 Å². The summed E-state index contributed by atoms with van der Waals surface area (Å²) >= 11 is 0. The van der Waals surface area contributed by atoms with Crippen LogP contribution in [0.2, 0.25) is 0 Å². The maximum Gasteiger partial charge on any atom is 0.256 e. The SMILES string of the molecule is CCOc1ccc(NC(=O)[C@@H]2O[C@@H]3OC4(CCCCC4)O[C@@H]3[C@@H]3OC4(CCCCC4)O[C@@H]32)cc1. The molecule has 0 aromatic heterocycles. The first-order chi connectivity index (χ1) is 16.6. The summed E-state index contributed by atoms with van der Waals surface area (Å²) in [6, 6.07) is 7.33. The molecule has 8 nitrogen and oxygen atoms in total. The molecular weight excluding hydrogens is 438 g/mol. The minimum atomic E-state index is -0.846. The lowest BCUT2D eigenvalue weighted by Crippen LogP contribution is -2.58. The van der Waals surface area contributed by atoms with Crippen LogP contribution in [0.25, 0.3) is 0 Å². The summed E-state index contributed by atoms with van der Waals surface area (Å²) in [5.41, 5.74) is 0.675. The van der Waals surface area contributed by atoms with Gasteiger partial charge in [-0.15, -0.1) is 0 Å². The van der Waals surface area contributed by atoms with Crippen molar-refractivity contribution < 1.29 is 33.2 Å². The van der Waals surface area contributed by atoms with E-state index in [1.54, 1.807) is 0 Å². The molecule has 186 valence electrons. The van der Waals surface area contributed by atoms with Gasteiger partial charge in [0.25, 0.3) is 5.91 Å². The Hall–Kier alpha value is -1.71. The predicted octanol–water partition coefficient (Wildman–Crippen LogP) is 4.27. The number of carbonyl (C=O) groups excluding carboxylic acids is 1. The highest BCUT2D eigenvalue weighted by atomic mass is 16.9. The van der Waals surface area contributed by atoms with Crippen LogP contribution >= 0.6 is 0 Å². The molecule has 0 unspecified atom stereocenters. The van der Waals surface area contributed by atoms with Crippen molar-refractivity contribution in [1.82, 2.24) is 0 Å². The molecule has 6 rings (SSSR count). The standard InChI is InChI=1S/C26H35NO7/c1-2-29-18-11-9-17(10-12-18)27-23(28)21-19-20(32-25(31-19)13-5-3-6-14-25)22-24(30-21)34-26(33-22)15-7-4-8-16-26/h9-12,19-22,24H,2-8,13-16H2,1H3,(H,27,28)/t19-,20+,21+,22+,24+/m0/s1. The Morgan fingerprint density at radius 3 is 2.09 bits per heavy atom. The quantitative estimate of drug-likeness (QED) is 0.699. The van der Waals surface area contributed by atoms with Crippen LogP contribution in [0.15, 0.2) is 24.3 Å². The maximum atomic E-state index is 13.4. The summed E-state index contributed by atoms with van der Waals surface area (Å²) in [6.07, 6.45) is 7.14. The van der Waals surface area contributed by atoms with Crippen molar-refractivity contribution in [2.75, 3.05) is 11.9 Å². The van der Waals surface area contributed by atoms with E-state index in [-0.39, 0.29) is 12.0 Å². The average Bonchev–Trinajstić information content (AvgIpc) is 3.38. The van der Waals surface area contributed by atoms with Gasteiger partial charge in [-0.2, -0.15) is 0 Å². The summed E-state index contributed by atoms with van der Waals surface area (Å²) in [5, 5.41) is 2.98. The molecule has 0 bridgehead atoms. The number of carbonyl (C=O) groups is 1. The molecule has 3 aliphatic heterocycles. The highest BCUT2D eigenvalue weighted by Gasteiger charge is 2.65. The lowest BCUT2D eigenvalue weighted by atomic mass is 9.94. The van der Waals surface area contributed by atoms with E-state index in [1.807, 2.05) is 31.2 Å². The van der Waals surface area contributed by atoms with Gasteiger partial charge in [0.05, 0.1) is 6.61 Å². The van der Waals surface area contributed by atoms with E-state index in [4.69, 9.17) is 28.4 Å². The van der Waals surface area contributed by atoms with E-state index in [0.717, 1.165) is 57.1 Å². The monoisotopic (exact) mass is 473 g/mol. The largest absolute Gasteiger partial charge is 0.494 e. The fourth-order valence-corrected chi connectivity index (χ4v) is 6.18. The van der Waals surface area contributed by atoms with Crippen molar-refractivity contribution in [3.05, 3.63) is 24.3 Å². The fraction of sp³-hybridized carbons (Fsp3) is 0.731. The zero-order valence-corrected chi connectivity index (χ0v) is 19.8. The number of nitrogens with one attached hydrogen (secondary N) is 1. The second kappa shape index (κ2) is 9.06. The van der Waals surface area contributed by atoms with Gasteiger partial charge in [0.2, 0.25) is 0 Å². The molecule has 34 heavy (non-hydrogen) atoms. The molecule has 5 atom stereocenters. The van der Waals surface area contributed by atoms with Crippen LogP contribution in [-0.4, -0.2) is 54.8 Å². The number of ether oxygens (including phenoxy) is 6. The summed E-state index contributed by atoms with van der Waals surface area (Å²) < 4.78 is 37.8. The van der Waals surface area contributed by atoms with E-state index in [0.29, 0.717) is 12.3 Å². The van der Waals surface area contributed by atoms with Crippen molar-refractivity contribution in [3.8, 4) is 5.75 Å². The van der Waals surface area contributed by atoms with Crippen molar-refractivity contribution in [2.45, 2.75) is 113 Å². The average molecular weight is 474 g/mol. The molecule has 1 aromatic carbocycles. The van der Waals surface area contributed by atoms with Gasteiger partial charge in [0, 0.05) is 31.4 Å². The van der Waals surface area contributed by atoms with Crippen LogP contribution < -0.4 is 10.1 Å². The van der Waals surface area contributed by atoms with Gasteiger partial charge in [0.15, 0.2) is 24.0 Å². The van der Waals surface area contributed by atoms with Crippen LogP contribution in [0.3, 0.4) is 0 Å². The summed E-state index contributed by atoms with van der Waals surface area (Å²) in [5.74, 6) is -0.792. The summed E-state index contributed by atoms with van der Waals surface area (Å²) in [7, 11) is 0. The van der Waals surface area contributed by atoms with Crippen LogP contribution in [0.1, 0.15) is 71.1 Å². The van der Waals surface area contributed by atoms with Gasteiger partial charge in [-0.1, -0.05) is 12.8 Å². The lowest BCUT2D eigenvalue weighted by molar-refractivity contribution is -0.246. The Bertz CT molecular complexity index is 878. The van der Waals surface area contributed by atoms with Gasteiger partial charge in [-0.25, -0.2) is 0 Å². The van der Waals surface area contributed by atoms with E-state index in [1.165, 1.54) is 12.8 Å². The third kappa shape index (κ3) is 4.13. The second-order valence-corrected chi connectivity index (χ2v) is 10.2. The smallest absolute Gasteiger partial charge is 0.256 e. The zero-order valence-electron chi connectivity index (χ0n) is 19.8. The molecule has 2 saturated carbocycles.